The van der Waals surface area contributed by atoms with Gasteiger partial charge < -0.3 is 45.1 Å². The number of hydrogen-bond acceptors (Lipinski definition) is 20. The van der Waals surface area contributed by atoms with E-state index < -0.39 is 136 Å². The molecule has 4 heterocycles. The highest BCUT2D eigenvalue weighted by molar-refractivity contribution is 7.86. The number of pyridine rings is 2. The molecular weight excluding hydrogens is 1190 g/mol. The van der Waals surface area contributed by atoms with Gasteiger partial charge in [-0.3, -0.25) is 77.0 Å². The number of hydrogen-bond donors (Lipinski definition) is 8. The number of rotatable bonds is 34. The van der Waals surface area contributed by atoms with Crippen LogP contribution in [0, 0.1) is 5.92 Å². The highest BCUT2D eigenvalue weighted by Crippen LogP contribution is 2.31. The zero-order valence-corrected chi connectivity index (χ0v) is 50.3. The van der Waals surface area contributed by atoms with Crippen molar-refractivity contribution in [3.8, 4) is 11.5 Å². The first-order chi connectivity index (χ1) is 41.7. The third-order valence-corrected chi connectivity index (χ3v) is 16.5. The number of nitrogens with one attached hydrogen (secondary N) is 2. The summed E-state index contributed by atoms with van der Waals surface area (Å²) in [5, 5.41) is 44.1. The molecule has 2 aliphatic rings. The lowest BCUT2D eigenvalue weighted by Gasteiger charge is -2.33. The van der Waals surface area contributed by atoms with Gasteiger partial charge in [0.2, 0.25) is 11.8 Å². The maximum atomic E-state index is 13.7. The minimum absolute atomic E-state index is 0.00283. The summed E-state index contributed by atoms with van der Waals surface area (Å²) in [6.45, 7) is -1.25. The van der Waals surface area contributed by atoms with Gasteiger partial charge in [-0.1, -0.05) is 6.07 Å². The van der Waals surface area contributed by atoms with Crippen molar-refractivity contribution in [1.29, 1.82) is 0 Å². The maximum absolute atomic E-state index is 13.7. The van der Waals surface area contributed by atoms with E-state index in [0.29, 0.717) is 30.1 Å². The molecule has 4 aromatic rings. The van der Waals surface area contributed by atoms with Gasteiger partial charge in [-0.25, -0.2) is 0 Å². The van der Waals surface area contributed by atoms with Crippen molar-refractivity contribution in [3.05, 3.63) is 83.6 Å². The summed E-state index contributed by atoms with van der Waals surface area (Å²) in [6.07, 6.45) is 8.25. The number of benzene rings is 1. The van der Waals surface area contributed by atoms with Crippen LogP contribution in [-0.4, -0.2) is 244 Å². The second kappa shape index (κ2) is 33.7. The predicted octanol–water partition coefficient (Wildman–Crippen LogP) is 0.931. The Labute approximate surface area is 508 Å². The largest absolute Gasteiger partial charge is 0.493 e. The summed E-state index contributed by atoms with van der Waals surface area (Å²) in [7, 11) is -9.98. The maximum Gasteiger partial charge on any atom is 0.317 e. The molecule has 0 saturated carbocycles. The number of carboxylic acids is 4. The molecule has 1 unspecified atom stereocenters. The van der Waals surface area contributed by atoms with E-state index in [4.69, 9.17) is 14.5 Å². The fourth-order valence-corrected chi connectivity index (χ4v) is 12.0. The van der Waals surface area contributed by atoms with Crippen LogP contribution in [0.25, 0.3) is 10.9 Å². The van der Waals surface area contributed by atoms with E-state index in [1.807, 2.05) is 28.8 Å². The molecule has 1 aliphatic carbocycles. The molecule has 6 rings (SSSR count). The van der Waals surface area contributed by atoms with Crippen molar-refractivity contribution in [2.75, 3.05) is 110 Å². The van der Waals surface area contributed by atoms with Crippen LogP contribution in [0.1, 0.15) is 79.9 Å². The normalized spacial score (nSPS) is 16.2. The Morgan fingerprint density at radius 3 is 1.81 bits per heavy atom. The van der Waals surface area contributed by atoms with Gasteiger partial charge in [-0.2, -0.15) is 16.8 Å². The van der Waals surface area contributed by atoms with Crippen molar-refractivity contribution < 1.29 is 94.2 Å². The molecule has 1 aromatic carbocycles. The van der Waals surface area contributed by atoms with Gasteiger partial charge in [-0.15, -0.1) is 0 Å². The smallest absolute Gasteiger partial charge is 0.317 e. The quantitative estimate of drug-likeness (QED) is 0.0238. The molecule has 88 heavy (non-hydrogen) atoms. The van der Waals surface area contributed by atoms with Gasteiger partial charge in [0.25, 0.3) is 20.2 Å². The number of aromatic nitrogens is 3. The molecule has 482 valence electrons. The van der Waals surface area contributed by atoms with Crippen molar-refractivity contribution in [1.82, 2.24) is 44.8 Å². The number of aliphatic carboxylic acids is 4. The van der Waals surface area contributed by atoms with Gasteiger partial charge in [0.1, 0.15) is 29.1 Å². The zero-order valence-electron chi connectivity index (χ0n) is 48.7. The van der Waals surface area contributed by atoms with E-state index in [9.17, 15) is 84.7 Å². The highest BCUT2D eigenvalue weighted by Gasteiger charge is 2.33. The van der Waals surface area contributed by atoms with Crippen LogP contribution in [0.15, 0.2) is 61.1 Å². The average molecular weight is 1270 g/mol. The first-order valence-corrected chi connectivity index (χ1v) is 32.0. The molecule has 1 aliphatic heterocycles. The standard InChI is InChI=1S/C57H77N9O20S2/c67-50(42(37-87(79,80)81)29-51(68)47(38-88(82,83)84)61-53(70)33-62-17-19-63(34-55(73)74)21-23-65(36-57(77)78)24-22-64(20-18-62)35-56(75)76)7-3-15-59-52(69)8-4-25-85-45-28-41(31-58-32-45)49(30-54(71)72)66-16-13-40-27-44(11-12-48(40)66)86-26-14-43-10-9-39-5-1-2-6-46(39)60-43/h9-13,16,27-28,31-32,42,47,49H,1-8,14-15,17-26,29-30,33-38H2,(H,59,69)(H,61,70)(H,71,72)(H,73,74)(H,75,76)(H,77,78)(H,79,80,81)(H,82,83,84)/t42-,47-,49?/m0/s1. The third-order valence-electron chi connectivity index (χ3n) is 14.9. The number of fused-ring (bicyclic) bond motifs is 2. The number of carbonyl (C=O) groups excluding carboxylic acids is 4. The van der Waals surface area contributed by atoms with Crippen molar-refractivity contribution >= 4 is 78.4 Å². The Kier molecular flexibility index (Phi) is 26.7. The number of ketones is 2. The Morgan fingerprint density at radius 1 is 0.602 bits per heavy atom. The lowest BCUT2D eigenvalue weighted by atomic mass is 9.94. The first-order valence-electron chi connectivity index (χ1n) is 28.8. The average Bonchev–Trinajstić information content (AvgIpc) is 3.37. The summed E-state index contributed by atoms with van der Waals surface area (Å²) >= 11 is 0. The van der Waals surface area contributed by atoms with Crippen LogP contribution < -0.4 is 20.1 Å². The van der Waals surface area contributed by atoms with Gasteiger partial charge in [0.15, 0.2) is 5.78 Å². The number of ether oxygens (including phenoxy) is 2. The molecule has 29 nitrogen and oxygen atoms in total. The van der Waals surface area contributed by atoms with E-state index in [1.165, 1.54) is 43.5 Å². The van der Waals surface area contributed by atoms with E-state index in [0.717, 1.165) is 35.9 Å². The number of carboxylic acid groups (broad SMARTS) is 4. The zero-order chi connectivity index (χ0) is 64.0. The molecule has 3 atom stereocenters. The fourth-order valence-electron chi connectivity index (χ4n) is 10.5. The minimum Gasteiger partial charge on any atom is -0.493 e. The Balaban J connectivity index is 0.977. The molecular formula is C57H77N9O20S2. The number of carbonyl (C=O) groups is 8. The third kappa shape index (κ3) is 24.6. The monoisotopic (exact) mass is 1270 g/mol. The van der Waals surface area contributed by atoms with Crippen molar-refractivity contribution in [3.63, 3.8) is 0 Å². The highest BCUT2D eigenvalue weighted by atomic mass is 32.2. The summed E-state index contributed by atoms with van der Waals surface area (Å²) in [6, 6.07) is 10.7. The van der Waals surface area contributed by atoms with E-state index in [1.54, 1.807) is 18.5 Å². The Bertz CT molecular complexity index is 3300. The van der Waals surface area contributed by atoms with Crippen LogP contribution in [0.5, 0.6) is 11.5 Å². The van der Waals surface area contributed by atoms with Crippen LogP contribution in [0.2, 0.25) is 0 Å². The summed E-state index contributed by atoms with van der Waals surface area (Å²) in [5.41, 5.74) is 4.80. The van der Waals surface area contributed by atoms with Gasteiger partial charge in [-0.05, 0) is 86.1 Å². The summed E-state index contributed by atoms with van der Waals surface area (Å²) in [5.74, 6) is -11.6. The molecule has 2 amide bonds. The van der Waals surface area contributed by atoms with Crippen LogP contribution >= 0.6 is 0 Å². The summed E-state index contributed by atoms with van der Waals surface area (Å²) in [4.78, 5) is 116. The predicted molar refractivity (Wildman–Crippen MR) is 315 cm³/mol. The molecule has 1 saturated heterocycles. The fraction of sp³-hybridized carbons (Fsp3) is 0.544. The lowest BCUT2D eigenvalue weighted by Crippen LogP contribution is -2.52. The summed E-state index contributed by atoms with van der Waals surface area (Å²) < 4.78 is 81.7. The number of aryl methyl sites for hydroxylation is 2. The van der Waals surface area contributed by atoms with Gasteiger partial charge >= 0.3 is 23.9 Å². The van der Waals surface area contributed by atoms with Crippen LogP contribution in [-0.2, 0) is 77.9 Å². The van der Waals surface area contributed by atoms with Crippen molar-refractivity contribution in [2.45, 2.75) is 82.7 Å². The van der Waals surface area contributed by atoms with Gasteiger partial charge in [0.05, 0.1) is 63.8 Å². The lowest BCUT2D eigenvalue weighted by molar-refractivity contribution is -0.140. The molecule has 0 bridgehead atoms. The Morgan fingerprint density at radius 2 is 1.20 bits per heavy atom. The van der Waals surface area contributed by atoms with Crippen LogP contribution in [0.3, 0.4) is 0 Å². The van der Waals surface area contributed by atoms with Crippen LogP contribution in [0.4, 0.5) is 0 Å². The number of nitrogens with zero attached hydrogens (tertiary/aromatic N) is 7. The topological polar surface area (TPSA) is 412 Å². The Hall–Kier alpha value is -7.52. The number of amides is 2. The van der Waals surface area contributed by atoms with Gasteiger partial charge in [0, 0.05) is 125 Å². The molecule has 31 heteroatoms. The molecule has 8 N–H and O–H groups in total. The van der Waals surface area contributed by atoms with Crippen molar-refractivity contribution in [2.24, 2.45) is 5.92 Å². The van der Waals surface area contributed by atoms with E-state index in [-0.39, 0.29) is 91.2 Å². The SMILES string of the molecule is O=C(O)CC(c1cncc(OCCCC(=O)NCCCC(=O)[C@@H](CC(=O)[C@H](CS(=O)(=O)O)NC(=O)CN2CCN(CC(=O)O)CCN(CC(=O)O)CCN(CC(=O)O)CC2)CS(=O)(=O)O)c1)n1ccc2cc(OCCc3ccc4c(n3)CCCC4)ccc21. The van der Waals surface area contributed by atoms with E-state index in [2.05, 4.69) is 27.8 Å². The second-order valence-corrected chi connectivity index (χ2v) is 24.9. The van der Waals surface area contributed by atoms with E-state index >= 15 is 0 Å². The second-order valence-electron chi connectivity index (χ2n) is 21.9. The molecule has 1 fully saturated rings. The molecule has 0 radical (unpaired) electrons. The number of Topliss-reactive ketones (excluding diaryl/α,β-unsaturated/α-hetero) is 2. The molecule has 3 aromatic heterocycles. The first kappa shape index (κ1) is 69.6. The molecule has 0 spiro atoms. The minimum atomic E-state index is -5.04.